The van der Waals surface area contributed by atoms with E-state index in [1.54, 1.807) is 6.92 Å². The minimum atomic E-state index is -1.12. The van der Waals surface area contributed by atoms with E-state index in [-0.39, 0.29) is 5.41 Å². The molecule has 1 aliphatic rings. The Balaban J connectivity index is 2.81. The summed E-state index contributed by atoms with van der Waals surface area (Å²) in [7, 11) is 0. The van der Waals surface area contributed by atoms with E-state index in [9.17, 15) is 15.3 Å². The molecular weight excluding hydrogens is 184 g/mol. The van der Waals surface area contributed by atoms with Gasteiger partial charge < -0.3 is 20.1 Å². The summed E-state index contributed by atoms with van der Waals surface area (Å²) >= 11 is 0. The minimum absolute atomic E-state index is 0.255. The van der Waals surface area contributed by atoms with Crippen molar-refractivity contribution in [3.63, 3.8) is 0 Å². The van der Waals surface area contributed by atoms with Crippen molar-refractivity contribution in [3.8, 4) is 0 Å². The Morgan fingerprint density at radius 2 is 1.43 bits per heavy atom. The maximum absolute atomic E-state index is 9.73. The van der Waals surface area contributed by atoms with Gasteiger partial charge in [0.25, 0.3) is 0 Å². The normalized spacial score (nSPS) is 45.2. The van der Waals surface area contributed by atoms with Crippen LogP contribution in [0.25, 0.3) is 0 Å². The molecule has 14 heavy (non-hydrogen) atoms. The fraction of sp³-hybridized carbons (Fsp3) is 1.00. The van der Waals surface area contributed by atoms with Crippen LogP contribution in [0.5, 0.6) is 0 Å². The number of hydrogen-bond donors (Lipinski definition) is 3. The lowest BCUT2D eigenvalue weighted by molar-refractivity contribution is -0.239. The third-order valence-corrected chi connectivity index (χ3v) is 2.71. The number of aliphatic hydroxyl groups excluding tert-OH is 3. The average Bonchev–Trinajstić information content (AvgIpc) is 2.06. The van der Waals surface area contributed by atoms with Crippen LogP contribution in [0.2, 0.25) is 0 Å². The molecule has 0 saturated carbocycles. The van der Waals surface area contributed by atoms with E-state index >= 15 is 0 Å². The van der Waals surface area contributed by atoms with Crippen molar-refractivity contribution >= 4 is 0 Å². The van der Waals surface area contributed by atoms with Gasteiger partial charge in [-0.05, 0) is 12.3 Å². The first-order chi connectivity index (χ1) is 6.25. The topological polar surface area (TPSA) is 69.9 Å². The van der Waals surface area contributed by atoms with Crippen LogP contribution in [0, 0.1) is 5.41 Å². The molecule has 5 atom stereocenters. The first-order valence-corrected chi connectivity index (χ1v) is 4.95. The highest BCUT2D eigenvalue weighted by Gasteiger charge is 2.46. The molecule has 0 unspecified atom stereocenters. The van der Waals surface area contributed by atoms with Crippen molar-refractivity contribution in [2.75, 3.05) is 0 Å². The zero-order valence-corrected chi connectivity index (χ0v) is 9.14. The molecule has 84 valence electrons. The lowest BCUT2D eigenvalue weighted by atomic mass is 9.80. The Kier molecular flexibility index (Phi) is 3.21. The molecular formula is C10H20O4. The molecule has 1 heterocycles. The highest BCUT2D eigenvalue weighted by atomic mass is 16.5. The maximum atomic E-state index is 9.73. The van der Waals surface area contributed by atoms with Gasteiger partial charge in [-0.15, -0.1) is 0 Å². The Morgan fingerprint density at radius 3 is 1.86 bits per heavy atom. The van der Waals surface area contributed by atoms with E-state index in [1.165, 1.54) is 0 Å². The van der Waals surface area contributed by atoms with Crippen LogP contribution in [0.15, 0.2) is 0 Å². The summed E-state index contributed by atoms with van der Waals surface area (Å²) < 4.78 is 5.49. The van der Waals surface area contributed by atoms with Crippen LogP contribution < -0.4 is 0 Å². The lowest BCUT2D eigenvalue weighted by Crippen LogP contribution is -2.59. The first kappa shape index (κ1) is 11.9. The summed E-state index contributed by atoms with van der Waals surface area (Å²) in [5.74, 6) is 0. The van der Waals surface area contributed by atoms with Crippen LogP contribution in [0.3, 0.4) is 0 Å². The number of aliphatic hydroxyl groups is 3. The predicted molar refractivity (Wildman–Crippen MR) is 51.8 cm³/mol. The molecule has 1 fully saturated rings. The Bertz CT molecular complexity index is 199. The van der Waals surface area contributed by atoms with Crippen LogP contribution in [-0.2, 0) is 4.74 Å². The molecule has 1 saturated heterocycles. The van der Waals surface area contributed by atoms with Crippen LogP contribution in [0.4, 0.5) is 0 Å². The molecule has 0 bridgehead atoms. The molecule has 4 heteroatoms. The highest BCUT2D eigenvalue weighted by molar-refractivity contribution is 4.95. The largest absolute Gasteiger partial charge is 0.388 e. The van der Waals surface area contributed by atoms with Crippen molar-refractivity contribution in [1.29, 1.82) is 0 Å². The molecule has 0 spiro atoms. The summed E-state index contributed by atoms with van der Waals surface area (Å²) in [5.41, 5.74) is -0.255. The summed E-state index contributed by atoms with van der Waals surface area (Å²) in [6.07, 6.45) is -4.05. The van der Waals surface area contributed by atoms with Gasteiger partial charge in [-0.25, -0.2) is 0 Å². The summed E-state index contributed by atoms with van der Waals surface area (Å²) in [6, 6.07) is 0. The first-order valence-electron chi connectivity index (χ1n) is 4.95. The van der Waals surface area contributed by atoms with E-state index in [0.29, 0.717) is 0 Å². The minimum Gasteiger partial charge on any atom is -0.388 e. The molecule has 0 aromatic heterocycles. The Hall–Kier alpha value is -0.160. The quantitative estimate of drug-likeness (QED) is 0.515. The fourth-order valence-corrected chi connectivity index (χ4v) is 1.77. The van der Waals surface area contributed by atoms with Gasteiger partial charge in [-0.2, -0.15) is 0 Å². The number of hydrogen-bond acceptors (Lipinski definition) is 4. The summed E-state index contributed by atoms with van der Waals surface area (Å²) in [6.45, 7) is 7.48. The van der Waals surface area contributed by atoms with Gasteiger partial charge in [0.15, 0.2) is 0 Å². The molecule has 0 aromatic rings. The molecule has 0 aliphatic carbocycles. The lowest BCUT2D eigenvalue weighted by Gasteiger charge is -2.44. The molecule has 0 radical (unpaired) electrons. The molecule has 3 N–H and O–H groups in total. The van der Waals surface area contributed by atoms with E-state index in [2.05, 4.69) is 0 Å². The SMILES string of the molecule is C[C@H]1O[C@@H](C(C)(C)C)[C@H](O)[C@@H](O)[C@@H]1O. The number of rotatable bonds is 0. The molecule has 1 rings (SSSR count). The molecule has 1 aliphatic heterocycles. The van der Waals surface area contributed by atoms with Crippen molar-refractivity contribution < 1.29 is 20.1 Å². The third kappa shape index (κ3) is 2.08. The second-order valence-electron chi connectivity index (χ2n) is 5.10. The Labute approximate surface area is 84.5 Å². The van der Waals surface area contributed by atoms with Gasteiger partial charge in [-0.3, -0.25) is 0 Å². The predicted octanol–water partition coefficient (Wildman–Crippen LogP) is -0.0975. The van der Waals surface area contributed by atoms with Gasteiger partial charge in [0.2, 0.25) is 0 Å². The van der Waals surface area contributed by atoms with Crippen LogP contribution >= 0.6 is 0 Å². The van der Waals surface area contributed by atoms with Gasteiger partial charge in [0.1, 0.15) is 18.3 Å². The smallest absolute Gasteiger partial charge is 0.111 e. The second kappa shape index (κ2) is 3.77. The van der Waals surface area contributed by atoms with Crippen molar-refractivity contribution in [2.24, 2.45) is 5.41 Å². The molecule has 4 nitrogen and oxygen atoms in total. The van der Waals surface area contributed by atoms with Crippen LogP contribution in [-0.4, -0.2) is 45.8 Å². The maximum Gasteiger partial charge on any atom is 0.111 e. The van der Waals surface area contributed by atoms with Gasteiger partial charge in [0.05, 0.1) is 12.2 Å². The summed E-state index contributed by atoms with van der Waals surface area (Å²) in [5, 5.41) is 28.8. The van der Waals surface area contributed by atoms with E-state index in [0.717, 1.165) is 0 Å². The zero-order valence-electron chi connectivity index (χ0n) is 9.14. The fourth-order valence-electron chi connectivity index (χ4n) is 1.77. The molecule has 0 aromatic carbocycles. The van der Waals surface area contributed by atoms with Gasteiger partial charge >= 0.3 is 0 Å². The monoisotopic (exact) mass is 204 g/mol. The van der Waals surface area contributed by atoms with Crippen molar-refractivity contribution in [2.45, 2.75) is 58.2 Å². The van der Waals surface area contributed by atoms with Gasteiger partial charge in [0, 0.05) is 0 Å². The Morgan fingerprint density at radius 1 is 0.929 bits per heavy atom. The van der Waals surface area contributed by atoms with Crippen molar-refractivity contribution in [1.82, 2.24) is 0 Å². The van der Waals surface area contributed by atoms with E-state index in [1.807, 2.05) is 20.8 Å². The van der Waals surface area contributed by atoms with E-state index in [4.69, 9.17) is 4.74 Å². The third-order valence-electron chi connectivity index (χ3n) is 2.71. The highest BCUT2D eigenvalue weighted by Crippen LogP contribution is 2.32. The average molecular weight is 204 g/mol. The van der Waals surface area contributed by atoms with E-state index < -0.39 is 30.5 Å². The van der Waals surface area contributed by atoms with Crippen molar-refractivity contribution in [3.05, 3.63) is 0 Å². The number of ether oxygens (including phenoxy) is 1. The van der Waals surface area contributed by atoms with Crippen LogP contribution in [0.1, 0.15) is 27.7 Å². The van der Waals surface area contributed by atoms with Gasteiger partial charge in [-0.1, -0.05) is 20.8 Å². The summed E-state index contributed by atoms with van der Waals surface area (Å²) in [4.78, 5) is 0. The zero-order chi connectivity index (χ0) is 11.1. The standard InChI is InChI=1S/C10H20O4/c1-5-6(11)7(12)8(13)9(14-5)10(2,3)4/h5-9,11-13H,1-4H3/t5-,6-,7+,8-,9-/m1/s1. The molecule has 0 amide bonds. The second-order valence-corrected chi connectivity index (χ2v) is 5.10.